The highest BCUT2D eigenvalue weighted by molar-refractivity contribution is 5.95. The molecule has 1 amide bonds. The lowest BCUT2D eigenvalue weighted by Crippen LogP contribution is -2.25. The Bertz CT molecular complexity index is 956. The minimum Gasteiger partial charge on any atom is -0.349 e. The van der Waals surface area contributed by atoms with E-state index in [9.17, 15) is 13.6 Å². The van der Waals surface area contributed by atoms with E-state index in [0.29, 0.717) is 17.3 Å². The van der Waals surface area contributed by atoms with Crippen molar-refractivity contribution >= 4 is 29.8 Å². The summed E-state index contributed by atoms with van der Waals surface area (Å²) in [7, 11) is 0. The molecule has 0 bridgehead atoms. The van der Waals surface area contributed by atoms with Crippen molar-refractivity contribution in [3.05, 3.63) is 65.9 Å². The van der Waals surface area contributed by atoms with Crippen LogP contribution < -0.4 is 10.6 Å². The number of hydrogen-bond acceptors (Lipinski definition) is 5. The van der Waals surface area contributed by atoms with Gasteiger partial charge in [-0.3, -0.25) is 9.78 Å². The summed E-state index contributed by atoms with van der Waals surface area (Å²) in [5, 5.41) is 5.28. The number of hydrogen-bond donors (Lipinski definition) is 2. The topological polar surface area (TPSA) is 79.8 Å². The lowest BCUT2D eigenvalue weighted by atomic mass is 10.1. The Labute approximate surface area is 166 Å². The van der Waals surface area contributed by atoms with Gasteiger partial charge in [-0.05, 0) is 37.3 Å². The molecule has 3 aromatic rings. The Hall–Kier alpha value is -3.13. The molecule has 2 aromatic heterocycles. The fraction of sp³-hybridized carbons (Fsp3) is 0.158. The van der Waals surface area contributed by atoms with E-state index in [2.05, 4.69) is 25.6 Å². The van der Waals surface area contributed by atoms with E-state index in [0.717, 1.165) is 5.56 Å². The fourth-order valence-electron chi connectivity index (χ4n) is 2.42. The molecule has 0 aliphatic heterocycles. The predicted octanol–water partition coefficient (Wildman–Crippen LogP) is 3.85. The van der Waals surface area contributed by atoms with E-state index in [-0.39, 0.29) is 30.2 Å². The van der Waals surface area contributed by atoms with E-state index in [4.69, 9.17) is 0 Å². The second-order valence-corrected chi connectivity index (χ2v) is 5.72. The predicted molar refractivity (Wildman–Crippen MR) is 105 cm³/mol. The Kier molecular flexibility index (Phi) is 7.34. The summed E-state index contributed by atoms with van der Waals surface area (Å²) in [6.07, 6.45) is 3.28. The normalized spacial score (nSPS) is 10.1. The SMILES string of the molecule is Cc1cc(Nc2cc(C(=O)NCCF)ccc2F)nc(-c2cccnc2)n1.Cl. The number of aryl methyl sites for hydroxylation is 1. The van der Waals surface area contributed by atoms with Gasteiger partial charge in [-0.2, -0.15) is 0 Å². The summed E-state index contributed by atoms with van der Waals surface area (Å²) in [5.74, 6) is -0.203. The monoisotopic (exact) mass is 405 g/mol. The zero-order chi connectivity index (χ0) is 19.2. The largest absolute Gasteiger partial charge is 0.349 e. The van der Waals surface area contributed by atoms with Crippen LogP contribution in [0.4, 0.5) is 20.3 Å². The average Bonchev–Trinajstić information content (AvgIpc) is 2.68. The molecule has 6 nitrogen and oxygen atoms in total. The quantitative estimate of drug-likeness (QED) is 0.651. The molecule has 0 spiro atoms. The highest BCUT2D eigenvalue weighted by atomic mass is 35.5. The van der Waals surface area contributed by atoms with Crippen LogP contribution in [0.2, 0.25) is 0 Å². The first-order chi connectivity index (χ1) is 13.1. The zero-order valence-electron chi connectivity index (χ0n) is 14.9. The van der Waals surface area contributed by atoms with Crippen LogP contribution in [-0.4, -0.2) is 34.1 Å². The van der Waals surface area contributed by atoms with Crippen LogP contribution in [-0.2, 0) is 0 Å². The molecule has 0 radical (unpaired) electrons. The minimum atomic E-state index is -0.671. The number of amides is 1. The second kappa shape index (κ2) is 9.70. The number of aromatic nitrogens is 3. The van der Waals surface area contributed by atoms with Crippen molar-refractivity contribution in [1.82, 2.24) is 20.3 Å². The number of pyridine rings is 1. The maximum atomic E-state index is 14.2. The number of nitrogens with one attached hydrogen (secondary N) is 2. The van der Waals surface area contributed by atoms with Gasteiger partial charge in [0.05, 0.1) is 5.69 Å². The lowest BCUT2D eigenvalue weighted by molar-refractivity contribution is 0.0951. The van der Waals surface area contributed by atoms with Crippen LogP contribution in [0.3, 0.4) is 0 Å². The van der Waals surface area contributed by atoms with Crippen LogP contribution in [0.5, 0.6) is 0 Å². The van der Waals surface area contributed by atoms with E-state index in [1.165, 1.54) is 18.2 Å². The molecule has 1 aromatic carbocycles. The second-order valence-electron chi connectivity index (χ2n) is 5.72. The van der Waals surface area contributed by atoms with Gasteiger partial charge in [0.1, 0.15) is 18.3 Å². The standard InChI is InChI=1S/C19H17F2N5O.ClH/c1-12-9-17(26-18(24-12)14-3-2-7-22-11-14)25-16-10-13(4-5-15(16)21)19(27)23-8-6-20;/h2-5,7,9-11H,6,8H2,1H3,(H,23,27)(H,24,25,26);1H. The van der Waals surface area contributed by atoms with E-state index in [1.54, 1.807) is 31.5 Å². The molecular weight excluding hydrogens is 388 g/mol. The summed E-state index contributed by atoms with van der Waals surface area (Å²) in [6, 6.07) is 9.11. The van der Waals surface area contributed by atoms with Crippen molar-refractivity contribution in [3.63, 3.8) is 0 Å². The first kappa shape index (κ1) is 21.2. The maximum Gasteiger partial charge on any atom is 0.251 e. The molecule has 0 aliphatic rings. The fourth-order valence-corrected chi connectivity index (χ4v) is 2.42. The number of benzene rings is 1. The summed E-state index contributed by atoms with van der Waals surface area (Å²) in [4.78, 5) is 24.7. The van der Waals surface area contributed by atoms with Crippen molar-refractivity contribution in [2.24, 2.45) is 0 Å². The first-order valence-electron chi connectivity index (χ1n) is 8.23. The molecule has 3 rings (SSSR count). The summed E-state index contributed by atoms with van der Waals surface area (Å²) < 4.78 is 26.4. The Balaban J connectivity index is 0.00000280. The van der Waals surface area contributed by atoms with Crippen LogP contribution in [0, 0.1) is 12.7 Å². The average molecular weight is 406 g/mol. The third-order valence-electron chi connectivity index (χ3n) is 3.65. The smallest absolute Gasteiger partial charge is 0.251 e. The molecule has 0 saturated heterocycles. The molecule has 9 heteroatoms. The van der Waals surface area contributed by atoms with E-state index < -0.39 is 18.4 Å². The lowest BCUT2D eigenvalue weighted by Gasteiger charge is -2.11. The van der Waals surface area contributed by atoms with Crippen molar-refractivity contribution < 1.29 is 13.6 Å². The molecule has 0 saturated carbocycles. The van der Waals surface area contributed by atoms with Gasteiger partial charge in [-0.15, -0.1) is 12.4 Å². The van der Waals surface area contributed by atoms with Gasteiger partial charge >= 0.3 is 0 Å². The number of anilines is 2. The number of carbonyl (C=O) groups is 1. The van der Waals surface area contributed by atoms with Gasteiger partial charge in [-0.25, -0.2) is 18.7 Å². The van der Waals surface area contributed by atoms with Crippen molar-refractivity contribution in [1.29, 1.82) is 0 Å². The van der Waals surface area contributed by atoms with Gasteiger partial charge in [-0.1, -0.05) is 0 Å². The molecule has 2 N–H and O–H groups in total. The third kappa shape index (κ3) is 5.20. The number of nitrogens with zero attached hydrogens (tertiary/aromatic N) is 3. The van der Waals surface area contributed by atoms with Crippen molar-refractivity contribution in [3.8, 4) is 11.4 Å². The van der Waals surface area contributed by atoms with Gasteiger partial charge in [0.2, 0.25) is 0 Å². The van der Waals surface area contributed by atoms with Gasteiger partial charge < -0.3 is 10.6 Å². The molecule has 0 aliphatic carbocycles. The molecular formula is C19H18ClF2N5O. The van der Waals surface area contributed by atoms with Crippen molar-refractivity contribution in [2.75, 3.05) is 18.5 Å². The molecule has 2 heterocycles. The van der Waals surface area contributed by atoms with Gasteiger partial charge in [0.25, 0.3) is 5.91 Å². The van der Waals surface area contributed by atoms with Crippen LogP contribution in [0.1, 0.15) is 16.1 Å². The van der Waals surface area contributed by atoms with Crippen LogP contribution >= 0.6 is 12.4 Å². The first-order valence-corrected chi connectivity index (χ1v) is 8.23. The maximum absolute atomic E-state index is 14.2. The van der Waals surface area contributed by atoms with Crippen LogP contribution in [0.25, 0.3) is 11.4 Å². The Morgan fingerprint density at radius 1 is 1.18 bits per heavy atom. The minimum absolute atomic E-state index is 0. The molecule has 0 unspecified atom stereocenters. The third-order valence-corrected chi connectivity index (χ3v) is 3.65. The highest BCUT2D eigenvalue weighted by Gasteiger charge is 2.12. The molecule has 0 atom stereocenters. The Morgan fingerprint density at radius 3 is 2.71 bits per heavy atom. The molecule has 0 fully saturated rings. The summed E-state index contributed by atoms with van der Waals surface area (Å²) in [5.41, 5.74) is 1.71. The Morgan fingerprint density at radius 2 is 2.00 bits per heavy atom. The number of carbonyl (C=O) groups excluding carboxylic acids is 1. The zero-order valence-corrected chi connectivity index (χ0v) is 15.8. The highest BCUT2D eigenvalue weighted by Crippen LogP contribution is 2.23. The molecule has 28 heavy (non-hydrogen) atoms. The van der Waals surface area contributed by atoms with Crippen molar-refractivity contribution in [2.45, 2.75) is 6.92 Å². The van der Waals surface area contributed by atoms with Gasteiger partial charge in [0.15, 0.2) is 5.82 Å². The molecule has 146 valence electrons. The number of alkyl halides is 1. The number of halogens is 3. The number of rotatable bonds is 6. The van der Waals surface area contributed by atoms with E-state index >= 15 is 0 Å². The summed E-state index contributed by atoms with van der Waals surface area (Å²) in [6.45, 7) is 1.03. The van der Waals surface area contributed by atoms with Gasteiger partial charge in [0, 0.05) is 41.8 Å². The van der Waals surface area contributed by atoms with Crippen LogP contribution in [0.15, 0.2) is 48.8 Å². The van der Waals surface area contributed by atoms with E-state index in [1.807, 2.05) is 6.07 Å². The summed E-state index contributed by atoms with van der Waals surface area (Å²) >= 11 is 0.